The standard InChI is InChI=1S/C19H30N2O3S/c1-14(2)18(15(3)4)20-19(22)16-9-8-12-21(13-16)25(23,24)17-10-6-5-7-11-17/h5-7,10-11,14-16,18H,8-9,12-13H2,1-4H3,(H,20,22)/t16-/m1/s1. The number of hydrogen-bond acceptors (Lipinski definition) is 3. The zero-order chi connectivity index (χ0) is 18.6. The lowest BCUT2D eigenvalue weighted by Crippen LogP contribution is -2.49. The summed E-state index contributed by atoms with van der Waals surface area (Å²) in [6.07, 6.45) is 1.44. The van der Waals surface area contributed by atoms with Gasteiger partial charge in [0, 0.05) is 19.1 Å². The van der Waals surface area contributed by atoms with Crippen LogP contribution in [0.4, 0.5) is 0 Å². The molecule has 1 fully saturated rings. The van der Waals surface area contributed by atoms with E-state index in [0.29, 0.717) is 29.7 Å². The van der Waals surface area contributed by atoms with E-state index < -0.39 is 10.0 Å². The van der Waals surface area contributed by atoms with Gasteiger partial charge < -0.3 is 5.32 Å². The first-order valence-corrected chi connectivity index (χ1v) is 10.5. The molecule has 1 aliphatic heterocycles. The molecule has 0 saturated carbocycles. The number of rotatable bonds is 6. The monoisotopic (exact) mass is 366 g/mol. The highest BCUT2D eigenvalue weighted by Crippen LogP contribution is 2.24. The molecule has 0 bridgehead atoms. The summed E-state index contributed by atoms with van der Waals surface area (Å²) in [7, 11) is -3.54. The molecule has 1 amide bonds. The van der Waals surface area contributed by atoms with Crippen LogP contribution >= 0.6 is 0 Å². The molecule has 25 heavy (non-hydrogen) atoms. The van der Waals surface area contributed by atoms with Crippen molar-refractivity contribution >= 4 is 15.9 Å². The van der Waals surface area contributed by atoms with Crippen LogP contribution in [0.1, 0.15) is 40.5 Å². The molecule has 1 atom stereocenters. The fraction of sp³-hybridized carbons (Fsp3) is 0.632. The maximum atomic E-state index is 12.8. The van der Waals surface area contributed by atoms with Crippen molar-refractivity contribution < 1.29 is 13.2 Å². The van der Waals surface area contributed by atoms with Gasteiger partial charge in [-0.15, -0.1) is 0 Å². The van der Waals surface area contributed by atoms with E-state index in [1.165, 1.54) is 4.31 Å². The molecule has 2 rings (SSSR count). The molecular weight excluding hydrogens is 336 g/mol. The summed E-state index contributed by atoms with van der Waals surface area (Å²) in [6.45, 7) is 9.11. The van der Waals surface area contributed by atoms with Crippen LogP contribution in [0.5, 0.6) is 0 Å². The van der Waals surface area contributed by atoms with E-state index in [1.807, 2.05) is 0 Å². The van der Waals surface area contributed by atoms with Crippen molar-refractivity contribution in [2.24, 2.45) is 17.8 Å². The van der Waals surface area contributed by atoms with Gasteiger partial charge in [0.15, 0.2) is 0 Å². The molecule has 6 heteroatoms. The summed E-state index contributed by atoms with van der Waals surface area (Å²) in [5.41, 5.74) is 0. The number of hydrogen-bond donors (Lipinski definition) is 1. The van der Waals surface area contributed by atoms with Crippen LogP contribution in [-0.2, 0) is 14.8 Å². The highest BCUT2D eigenvalue weighted by molar-refractivity contribution is 7.89. The maximum Gasteiger partial charge on any atom is 0.243 e. The third-order valence-corrected chi connectivity index (χ3v) is 6.76. The quantitative estimate of drug-likeness (QED) is 0.842. The van der Waals surface area contributed by atoms with Crippen LogP contribution in [0.2, 0.25) is 0 Å². The summed E-state index contributed by atoms with van der Waals surface area (Å²) < 4.78 is 27.0. The van der Waals surface area contributed by atoms with E-state index in [0.717, 1.165) is 6.42 Å². The summed E-state index contributed by atoms with van der Waals surface area (Å²) in [5.74, 6) is 0.376. The minimum atomic E-state index is -3.54. The lowest BCUT2D eigenvalue weighted by Gasteiger charge is -2.33. The van der Waals surface area contributed by atoms with E-state index in [9.17, 15) is 13.2 Å². The Kier molecular flexibility index (Phi) is 6.63. The third-order valence-electron chi connectivity index (χ3n) is 4.88. The minimum absolute atomic E-state index is 0.0274. The molecule has 0 aromatic heterocycles. The van der Waals surface area contributed by atoms with Gasteiger partial charge in [-0.3, -0.25) is 4.79 Å². The average molecular weight is 367 g/mol. The van der Waals surface area contributed by atoms with Crippen LogP contribution in [0, 0.1) is 17.8 Å². The summed E-state index contributed by atoms with van der Waals surface area (Å²) in [6, 6.07) is 8.55. The molecule has 1 N–H and O–H groups in total. The first-order valence-electron chi connectivity index (χ1n) is 9.09. The molecule has 0 radical (unpaired) electrons. The van der Waals surface area contributed by atoms with Gasteiger partial charge >= 0.3 is 0 Å². The SMILES string of the molecule is CC(C)C(NC(=O)[C@@H]1CCCN(S(=O)(=O)c2ccccc2)C1)C(C)C. The number of benzene rings is 1. The highest BCUT2D eigenvalue weighted by Gasteiger charge is 2.34. The predicted octanol–water partition coefficient (Wildman–Crippen LogP) is 2.88. The highest BCUT2D eigenvalue weighted by atomic mass is 32.2. The topological polar surface area (TPSA) is 66.5 Å². The normalized spacial score (nSPS) is 19.6. The summed E-state index contributed by atoms with van der Waals surface area (Å²) in [4.78, 5) is 13.0. The molecule has 0 spiro atoms. The maximum absolute atomic E-state index is 12.8. The van der Waals surface area contributed by atoms with Crippen molar-refractivity contribution in [3.8, 4) is 0 Å². The molecule has 1 aromatic rings. The van der Waals surface area contributed by atoms with Crippen LogP contribution in [0.25, 0.3) is 0 Å². The number of piperidine rings is 1. The predicted molar refractivity (Wildman–Crippen MR) is 99.5 cm³/mol. The van der Waals surface area contributed by atoms with Crippen molar-refractivity contribution in [1.82, 2.24) is 9.62 Å². The Morgan fingerprint density at radius 1 is 1.12 bits per heavy atom. The van der Waals surface area contributed by atoms with E-state index in [4.69, 9.17) is 0 Å². The first kappa shape index (κ1) is 19.9. The number of carbonyl (C=O) groups excluding carboxylic acids is 1. The van der Waals surface area contributed by atoms with Crippen molar-refractivity contribution in [1.29, 1.82) is 0 Å². The number of sulfonamides is 1. The minimum Gasteiger partial charge on any atom is -0.353 e. The van der Waals surface area contributed by atoms with Gasteiger partial charge in [0.2, 0.25) is 15.9 Å². The Balaban J connectivity index is 2.09. The molecule has 0 aliphatic carbocycles. The van der Waals surface area contributed by atoms with Crippen molar-refractivity contribution in [3.63, 3.8) is 0 Å². The largest absolute Gasteiger partial charge is 0.353 e. The summed E-state index contributed by atoms with van der Waals surface area (Å²) >= 11 is 0. The third kappa shape index (κ3) is 4.82. The van der Waals surface area contributed by atoms with Crippen LogP contribution in [0.15, 0.2) is 35.2 Å². The lowest BCUT2D eigenvalue weighted by molar-refractivity contribution is -0.127. The Bertz CT molecular complexity index is 663. The van der Waals surface area contributed by atoms with E-state index in [2.05, 4.69) is 33.0 Å². The molecule has 1 aliphatic rings. The lowest BCUT2D eigenvalue weighted by atomic mass is 9.91. The van der Waals surface area contributed by atoms with Gasteiger partial charge in [-0.1, -0.05) is 45.9 Å². The second kappa shape index (κ2) is 8.32. The van der Waals surface area contributed by atoms with Gasteiger partial charge in [-0.05, 0) is 36.8 Å². The Hall–Kier alpha value is -1.40. The number of nitrogens with one attached hydrogen (secondary N) is 1. The zero-order valence-corrected chi connectivity index (χ0v) is 16.4. The van der Waals surface area contributed by atoms with Crippen LogP contribution < -0.4 is 5.32 Å². The average Bonchev–Trinajstić information content (AvgIpc) is 2.59. The molecule has 140 valence electrons. The fourth-order valence-corrected chi connectivity index (χ4v) is 5.05. The first-order chi connectivity index (χ1) is 11.7. The second-order valence-electron chi connectivity index (χ2n) is 7.54. The van der Waals surface area contributed by atoms with Gasteiger partial charge in [0.1, 0.15) is 0 Å². The van der Waals surface area contributed by atoms with Gasteiger partial charge in [0.05, 0.1) is 10.8 Å². The van der Waals surface area contributed by atoms with Gasteiger partial charge in [0.25, 0.3) is 0 Å². The molecule has 1 aromatic carbocycles. The van der Waals surface area contributed by atoms with E-state index >= 15 is 0 Å². The van der Waals surface area contributed by atoms with Gasteiger partial charge in [-0.25, -0.2) is 8.42 Å². The zero-order valence-electron chi connectivity index (χ0n) is 15.6. The van der Waals surface area contributed by atoms with Crippen molar-refractivity contribution in [3.05, 3.63) is 30.3 Å². The molecule has 5 nitrogen and oxygen atoms in total. The Labute approximate surface area is 151 Å². The molecule has 1 heterocycles. The Morgan fingerprint density at radius 3 is 2.28 bits per heavy atom. The van der Waals surface area contributed by atoms with Crippen molar-refractivity contribution in [2.75, 3.05) is 13.1 Å². The molecular formula is C19H30N2O3S. The summed E-state index contributed by atoms with van der Waals surface area (Å²) in [5, 5.41) is 3.14. The van der Waals surface area contributed by atoms with Crippen molar-refractivity contribution in [2.45, 2.75) is 51.5 Å². The number of nitrogens with zero attached hydrogens (tertiary/aromatic N) is 1. The Morgan fingerprint density at radius 2 is 1.72 bits per heavy atom. The van der Waals surface area contributed by atoms with Gasteiger partial charge in [-0.2, -0.15) is 4.31 Å². The van der Waals surface area contributed by atoms with E-state index in [1.54, 1.807) is 30.3 Å². The number of amides is 1. The smallest absolute Gasteiger partial charge is 0.243 e. The van der Waals surface area contributed by atoms with E-state index in [-0.39, 0.29) is 24.4 Å². The van der Waals surface area contributed by atoms with Crippen LogP contribution in [0.3, 0.4) is 0 Å². The van der Waals surface area contributed by atoms with Crippen LogP contribution in [-0.4, -0.2) is 37.8 Å². The fourth-order valence-electron chi connectivity index (χ4n) is 3.50. The number of carbonyl (C=O) groups is 1. The molecule has 0 unspecified atom stereocenters. The molecule has 1 saturated heterocycles. The second-order valence-corrected chi connectivity index (χ2v) is 9.48.